The number of esters is 3. The molecule has 1 aliphatic rings. The Morgan fingerprint density at radius 2 is 0.863 bits per heavy atom. The highest BCUT2D eigenvalue weighted by Crippen LogP contribution is 2.26. The maximum atomic E-state index is 13.0. The van der Waals surface area contributed by atoms with Crippen molar-refractivity contribution in [2.45, 2.75) is 186 Å². The van der Waals surface area contributed by atoms with Crippen LogP contribution in [-0.2, 0) is 42.9 Å². The van der Waals surface area contributed by atoms with Gasteiger partial charge in [0.1, 0.15) is 18.8 Å². The lowest BCUT2D eigenvalue weighted by Gasteiger charge is -2.40. The van der Waals surface area contributed by atoms with Gasteiger partial charge in [-0.3, -0.25) is 14.4 Å². The number of hydrogen-bond acceptors (Lipinski definition) is 11. The van der Waals surface area contributed by atoms with E-state index in [1.807, 2.05) is 36.5 Å². The third kappa shape index (κ3) is 37.7. The second-order valence-corrected chi connectivity index (χ2v) is 17.0. The molecular weight excluding hydrogens is 925 g/mol. The Kier molecular flexibility index (Phi) is 42.4. The zero-order valence-corrected chi connectivity index (χ0v) is 44.0. The van der Waals surface area contributed by atoms with Gasteiger partial charge in [0.25, 0.3) is 0 Å². The first-order valence-electron chi connectivity index (χ1n) is 26.5. The van der Waals surface area contributed by atoms with Crippen LogP contribution in [-0.4, -0.2) is 89.2 Å². The smallest absolute Gasteiger partial charge is 0.335 e. The van der Waals surface area contributed by atoms with E-state index in [1.165, 1.54) is 0 Å². The van der Waals surface area contributed by atoms with Crippen molar-refractivity contribution in [2.75, 3.05) is 13.2 Å². The third-order valence-electron chi connectivity index (χ3n) is 10.6. The standard InChI is InChI=1S/C61H88O12/c1-4-7-10-13-16-19-22-25-27-30-32-35-38-41-44-47-53(62)69-50-52(71-54(63)48-45-42-39-36-34-31-28-26-23-20-17-14-11-8-5-2)51-70-61-59(57(66)56(65)58(73-61)60(67)68)72-55(64)49-46-43-40-37-33-29-24-21-18-15-12-9-6-3/h7-12,16-21,25-29,32-36,41-42,44-45,52,56-59,61,65-66H,4-6,13-15,22-24,30-31,37-40,43,46-51H2,1-3H3,(H,67,68)/b10-7-,11-8-,12-9-,19-16-,20-17-,21-18-,27-25-,28-26-,33-29-,35-32-,36-34-,44-41-,45-42-. The molecule has 0 saturated carbocycles. The first kappa shape index (κ1) is 65.4. The van der Waals surface area contributed by atoms with Gasteiger partial charge < -0.3 is 39.0 Å². The van der Waals surface area contributed by atoms with Crippen molar-refractivity contribution in [1.82, 2.24) is 0 Å². The molecule has 0 amide bonds. The molecule has 0 aromatic carbocycles. The molecule has 1 saturated heterocycles. The minimum absolute atomic E-state index is 0.00397. The molecule has 0 bridgehead atoms. The Bertz CT molecular complexity index is 1870. The number of ether oxygens (including phenoxy) is 5. The van der Waals surface area contributed by atoms with E-state index in [4.69, 9.17) is 23.7 Å². The van der Waals surface area contributed by atoms with Crippen molar-refractivity contribution in [1.29, 1.82) is 0 Å². The van der Waals surface area contributed by atoms with Gasteiger partial charge in [-0.2, -0.15) is 0 Å². The van der Waals surface area contributed by atoms with Crippen molar-refractivity contribution >= 4 is 23.9 Å². The molecule has 404 valence electrons. The van der Waals surface area contributed by atoms with Crippen LogP contribution in [0.3, 0.4) is 0 Å². The van der Waals surface area contributed by atoms with Crippen molar-refractivity contribution in [3.63, 3.8) is 0 Å². The minimum Gasteiger partial charge on any atom is -0.479 e. The summed E-state index contributed by atoms with van der Waals surface area (Å²) in [5.74, 6) is -3.53. The summed E-state index contributed by atoms with van der Waals surface area (Å²) in [6, 6.07) is 0. The number of unbranched alkanes of at least 4 members (excludes halogenated alkanes) is 3. The van der Waals surface area contributed by atoms with E-state index in [-0.39, 0.29) is 19.3 Å². The minimum atomic E-state index is -1.95. The van der Waals surface area contributed by atoms with Crippen LogP contribution in [0.25, 0.3) is 0 Å². The summed E-state index contributed by atoms with van der Waals surface area (Å²) >= 11 is 0. The molecule has 1 fully saturated rings. The van der Waals surface area contributed by atoms with Gasteiger partial charge in [0.15, 0.2) is 24.6 Å². The monoisotopic (exact) mass is 1010 g/mol. The lowest BCUT2D eigenvalue weighted by Crippen LogP contribution is -2.61. The summed E-state index contributed by atoms with van der Waals surface area (Å²) < 4.78 is 28.0. The van der Waals surface area contributed by atoms with Crippen LogP contribution >= 0.6 is 0 Å². The molecule has 3 N–H and O–H groups in total. The maximum Gasteiger partial charge on any atom is 0.335 e. The van der Waals surface area contributed by atoms with E-state index in [2.05, 4.69) is 130 Å². The molecule has 1 heterocycles. The van der Waals surface area contributed by atoms with Crippen molar-refractivity contribution in [3.8, 4) is 0 Å². The molecule has 12 nitrogen and oxygen atoms in total. The number of aliphatic carboxylic acids is 1. The van der Waals surface area contributed by atoms with Crippen molar-refractivity contribution < 1.29 is 58.2 Å². The highest BCUT2D eigenvalue weighted by molar-refractivity contribution is 5.74. The van der Waals surface area contributed by atoms with E-state index in [1.54, 1.807) is 12.2 Å². The van der Waals surface area contributed by atoms with E-state index >= 15 is 0 Å². The fraction of sp³-hybridized carbons (Fsp3) is 0.508. The average molecular weight is 1010 g/mol. The normalized spacial score (nSPS) is 19.6. The van der Waals surface area contributed by atoms with E-state index in [9.17, 15) is 34.5 Å². The highest BCUT2D eigenvalue weighted by Gasteiger charge is 2.50. The second-order valence-electron chi connectivity index (χ2n) is 17.0. The number of aliphatic hydroxyl groups is 2. The van der Waals surface area contributed by atoms with Crippen LogP contribution in [0.1, 0.15) is 149 Å². The number of aliphatic hydroxyl groups excluding tert-OH is 2. The molecule has 0 aliphatic carbocycles. The van der Waals surface area contributed by atoms with E-state index < -0.39 is 73.9 Å². The van der Waals surface area contributed by atoms with Crippen molar-refractivity contribution in [3.05, 3.63) is 158 Å². The van der Waals surface area contributed by atoms with Gasteiger partial charge in [0.05, 0.1) is 19.4 Å². The summed E-state index contributed by atoms with van der Waals surface area (Å²) in [6.45, 7) is 5.41. The van der Waals surface area contributed by atoms with Gasteiger partial charge in [-0.25, -0.2) is 4.79 Å². The van der Waals surface area contributed by atoms with Crippen LogP contribution in [0.2, 0.25) is 0 Å². The maximum absolute atomic E-state index is 13.0. The first-order chi connectivity index (χ1) is 35.6. The molecular formula is C61H88O12. The van der Waals surface area contributed by atoms with Gasteiger partial charge in [0, 0.05) is 6.42 Å². The molecule has 0 aromatic rings. The Morgan fingerprint density at radius 1 is 0.466 bits per heavy atom. The lowest BCUT2D eigenvalue weighted by atomic mass is 9.98. The quantitative estimate of drug-likeness (QED) is 0.0229. The van der Waals surface area contributed by atoms with Gasteiger partial charge in [-0.15, -0.1) is 0 Å². The Labute approximate surface area is 437 Å². The lowest BCUT2D eigenvalue weighted by molar-refractivity contribution is -0.301. The zero-order valence-electron chi connectivity index (χ0n) is 44.0. The molecule has 6 atom stereocenters. The van der Waals surface area contributed by atoms with E-state index in [0.29, 0.717) is 19.3 Å². The number of carbonyl (C=O) groups excluding carboxylic acids is 3. The second kappa shape index (κ2) is 47.4. The highest BCUT2D eigenvalue weighted by atomic mass is 16.7. The largest absolute Gasteiger partial charge is 0.479 e. The van der Waals surface area contributed by atoms with Crippen LogP contribution < -0.4 is 0 Å². The third-order valence-corrected chi connectivity index (χ3v) is 10.6. The number of carboxylic acid groups (broad SMARTS) is 1. The molecule has 0 spiro atoms. The number of hydrogen-bond donors (Lipinski definition) is 3. The molecule has 0 aromatic heterocycles. The molecule has 6 unspecified atom stereocenters. The summed E-state index contributed by atoms with van der Waals surface area (Å²) in [7, 11) is 0. The SMILES string of the molecule is CC/C=C\C/C=C\C/C=C\C/C=C\C/C=C\CC(=O)OCC(COC1OC(C(=O)O)C(O)C(O)C1OC(=O)CCCCC/C=C\C/C=C\C/C=C\CC)OC(=O)C/C=C\C/C=C\C/C=C\C/C=C\C/C=C\CC. The summed E-state index contributed by atoms with van der Waals surface area (Å²) in [4.78, 5) is 50.8. The number of allylic oxidation sites excluding steroid dienone is 24. The summed E-state index contributed by atoms with van der Waals surface area (Å²) in [5.41, 5.74) is 0. The van der Waals surface area contributed by atoms with Crippen LogP contribution in [0.5, 0.6) is 0 Å². The number of rotatable bonds is 41. The molecule has 1 rings (SSSR count). The first-order valence-corrected chi connectivity index (χ1v) is 26.5. The summed E-state index contributed by atoms with van der Waals surface area (Å²) in [5, 5.41) is 31.3. The Hall–Kier alpha value is -5.66. The fourth-order valence-electron chi connectivity index (χ4n) is 6.70. The predicted octanol–water partition coefficient (Wildman–Crippen LogP) is 13.0. The van der Waals surface area contributed by atoms with Crippen LogP contribution in [0, 0.1) is 0 Å². The van der Waals surface area contributed by atoms with Gasteiger partial charge in [-0.05, 0) is 103 Å². The number of carbonyl (C=O) groups is 4. The topological polar surface area (TPSA) is 175 Å². The summed E-state index contributed by atoms with van der Waals surface area (Å²) in [6.07, 6.45) is 57.2. The van der Waals surface area contributed by atoms with Crippen LogP contribution in [0.15, 0.2) is 158 Å². The Morgan fingerprint density at radius 3 is 1.29 bits per heavy atom. The predicted molar refractivity (Wildman–Crippen MR) is 293 cm³/mol. The van der Waals surface area contributed by atoms with Gasteiger partial charge >= 0.3 is 23.9 Å². The van der Waals surface area contributed by atoms with Gasteiger partial charge in [0.2, 0.25) is 0 Å². The molecule has 1 aliphatic heterocycles. The number of carboxylic acids is 1. The molecule has 0 radical (unpaired) electrons. The molecule has 12 heteroatoms. The van der Waals surface area contributed by atoms with Gasteiger partial charge in [-0.1, -0.05) is 185 Å². The average Bonchev–Trinajstić information content (AvgIpc) is 3.37. The van der Waals surface area contributed by atoms with E-state index in [0.717, 1.165) is 89.9 Å². The molecule has 73 heavy (non-hydrogen) atoms. The van der Waals surface area contributed by atoms with Crippen molar-refractivity contribution in [2.24, 2.45) is 0 Å². The fourth-order valence-corrected chi connectivity index (χ4v) is 6.70. The Balaban J connectivity index is 2.88. The zero-order chi connectivity index (χ0) is 53.3. The van der Waals surface area contributed by atoms with Crippen LogP contribution in [0.4, 0.5) is 0 Å².